The summed E-state index contributed by atoms with van der Waals surface area (Å²) in [5.41, 5.74) is 8.80. The second-order valence-corrected chi connectivity index (χ2v) is 4.79. The molecule has 0 aromatic heterocycles. The van der Waals surface area contributed by atoms with E-state index in [2.05, 4.69) is 0 Å². The third kappa shape index (κ3) is 2.28. The Morgan fingerprint density at radius 1 is 1.53 bits per heavy atom. The van der Waals surface area contributed by atoms with Crippen molar-refractivity contribution in [1.82, 2.24) is 0 Å². The minimum absolute atomic E-state index is 0.0855. The van der Waals surface area contributed by atoms with Crippen molar-refractivity contribution in [2.75, 3.05) is 17.2 Å². The van der Waals surface area contributed by atoms with Gasteiger partial charge in [-0.25, -0.2) is 0 Å². The fourth-order valence-electron chi connectivity index (χ4n) is 2.26. The normalized spacial score (nSPS) is 16.5. The standard InChI is InChI=1S/C14H20N2O/c1-3-10(2)14(17)16-8-4-5-11-6-7-12(15)9-13(11)16/h6-7,9-10H,3-5,8,15H2,1-2H3. The Labute approximate surface area is 103 Å². The van der Waals surface area contributed by atoms with Gasteiger partial charge in [0.05, 0.1) is 0 Å². The van der Waals surface area contributed by atoms with Crippen molar-refractivity contribution in [2.45, 2.75) is 33.1 Å². The lowest BCUT2D eigenvalue weighted by atomic mass is 9.98. The molecule has 92 valence electrons. The number of carbonyl (C=O) groups is 1. The van der Waals surface area contributed by atoms with Crippen LogP contribution in [0.15, 0.2) is 18.2 Å². The SMILES string of the molecule is CCC(C)C(=O)N1CCCc2ccc(N)cc21. The second kappa shape index (κ2) is 4.78. The van der Waals surface area contributed by atoms with Crippen molar-refractivity contribution in [3.63, 3.8) is 0 Å². The number of anilines is 2. The van der Waals surface area contributed by atoms with Gasteiger partial charge in [0.2, 0.25) is 5.91 Å². The molecule has 0 radical (unpaired) electrons. The quantitative estimate of drug-likeness (QED) is 0.797. The Balaban J connectivity index is 2.34. The lowest BCUT2D eigenvalue weighted by Gasteiger charge is -2.31. The summed E-state index contributed by atoms with van der Waals surface area (Å²) in [6.07, 6.45) is 2.96. The molecule has 1 aliphatic rings. The van der Waals surface area contributed by atoms with Crippen LogP contribution in [0.25, 0.3) is 0 Å². The molecule has 2 N–H and O–H groups in total. The Hall–Kier alpha value is -1.51. The first kappa shape index (κ1) is 12.0. The van der Waals surface area contributed by atoms with Crippen molar-refractivity contribution in [3.05, 3.63) is 23.8 Å². The molecule has 0 spiro atoms. The van der Waals surface area contributed by atoms with Crippen LogP contribution < -0.4 is 10.6 Å². The van der Waals surface area contributed by atoms with E-state index in [-0.39, 0.29) is 11.8 Å². The highest BCUT2D eigenvalue weighted by Crippen LogP contribution is 2.30. The van der Waals surface area contributed by atoms with Crippen LogP contribution in [0.1, 0.15) is 32.3 Å². The summed E-state index contributed by atoms with van der Waals surface area (Å²) in [4.78, 5) is 14.2. The molecule has 2 rings (SSSR count). The number of aryl methyl sites for hydroxylation is 1. The van der Waals surface area contributed by atoms with E-state index >= 15 is 0 Å². The Morgan fingerprint density at radius 2 is 2.29 bits per heavy atom. The fourth-order valence-corrected chi connectivity index (χ4v) is 2.26. The Bertz CT molecular complexity index is 428. The van der Waals surface area contributed by atoms with Gasteiger partial charge in [-0.15, -0.1) is 0 Å². The van der Waals surface area contributed by atoms with Gasteiger partial charge in [-0.1, -0.05) is 19.9 Å². The number of nitrogens with two attached hydrogens (primary N) is 1. The van der Waals surface area contributed by atoms with E-state index in [1.54, 1.807) is 0 Å². The zero-order valence-electron chi connectivity index (χ0n) is 10.6. The highest BCUT2D eigenvalue weighted by Gasteiger charge is 2.25. The smallest absolute Gasteiger partial charge is 0.229 e. The van der Waals surface area contributed by atoms with Gasteiger partial charge in [-0.05, 0) is 37.0 Å². The van der Waals surface area contributed by atoms with Gasteiger partial charge in [0, 0.05) is 23.8 Å². The molecule has 1 amide bonds. The molecule has 0 saturated carbocycles. The second-order valence-electron chi connectivity index (χ2n) is 4.79. The number of hydrogen-bond acceptors (Lipinski definition) is 2. The van der Waals surface area contributed by atoms with Crippen LogP contribution in [0.4, 0.5) is 11.4 Å². The number of nitrogen functional groups attached to an aromatic ring is 1. The number of nitrogens with zero attached hydrogens (tertiary/aromatic N) is 1. The molecule has 1 aromatic carbocycles. The summed E-state index contributed by atoms with van der Waals surface area (Å²) in [5.74, 6) is 0.307. The maximum Gasteiger partial charge on any atom is 0.229 e. The van der Waals surface area contributed by atoms with E-state index in [9.17, 15) is 4.79 Å². The van der Waals surface area contributed by atoms with Crippen LogP contribution in [0.5, 0.6) is 0 Å². The molecular weight excluding hydrogens is 212 g/mol. The number of rotatable bonds is 2. The van der Waals surface area contributed by atoms with Gasteiger partial charge in [-0.3, -0.25) is 4.79 Å². The van der Waals surface area contributed by atoms with Crippen LogP contribution in [-0.4, -0.2) is 12.5 Å². The zero-order valence-corrected chi connectivity index (χ0v) is 10.6. The third-order valence-corrected chi connectivity index (χ3v) is 3.53. The summed E-state index contributed by atoms with van der Waals surface area (Å²) in [6, 6.07) is 5.88. The molecule has 0 saturated heterocycles. The molecule has 0 fully saturated rings. The summed E-state index contributed by atoms with van der Waals surface area (Å²) in [6.45, 7) is 4.86. The average Bonchev–Trinajstić information content (AvgIpc) is 2.36. The molecule has 1 heterocycles. The molecule has 0 bridgehead atoms. The van der Waals surface area contributed by atoms with Crippen molar-refractivity contribution in [1.29, 1.82) is 0 Å². The first-order chi connectivity index (χ1) is 8.13. The molecular formula is C14H20N2O. The van der Waals surface area contributed by atoms with Gasteiger partial charge in [0.1, 0.15) is 0 Å². The third-order valence-electron chi connectivity index (χ3n) is 3.53. The van der Waals surface area contributed by atoms with Crippen LogP contribution >= 0.6 is 0 Å². The van der Waals surface area contributed by atoms with E-state index in [0.29, 0.717) is 0 Å². The highest BCUT2D eigenvalue weighted by molar-refractivity contribution is 5.96. The molecule has 17 heavy (non-hydrogen) atoms. The van der Waals surface area contributed by atoms with Gasteiger partial charge < -0.3 is 10.6 Å². The first-order valence-corrected chi connectivity index (χ1v) is 6.33. The number of hydrogen-bond donors (Lipinski definition) is 1. The van der Waals surface area contributed by atoms with Gasteiger partial charge in [0.25, 0.3) is 0 Å². The van der Waals surface area contributed by atoms with Gasteiger partial charge in [0.15, 0.2) is 0 Å². The van der Waals surface area contributed by atoms with E-state index < -0.39 is 0 Å². The largest absolute Gasteiger partial charge is 0.399 e. The molecule has 1 unspecified atom stereocenters. The summed E-state index contributed by atoms with van der Waals surface area (Å²) >= 11 is 0. The summed E-state index contributed by atoms with van der Waals surface area (Å²) in [5, 5.41) is 0. The Morgan fingerprint density at radius 3 is 3.00 bits per heavy atom. The number of amides is 1. The molecule has 1 aliphatic heterocycles. The lowest BCUT2D eigenvalue weighted by molar-refractivity contribution is -0.122. The number of fused-ring (bicyclic) bond motifs is 1. The lowest BCUT2D eigenvalue weighted by Crippen LogP contribution is -2.38. The van der Waals surface area contributed by atoms with E-state index in [4.69, 9.17) is 5.73 Å². The topological polar surface area (TPSA) is 46.3 Å². The van der Waals surface area contributed by atoms with Crippen LogP contribution in [0, 0.1) is 5.92 Å². The fraction of sp³-hybridized carbons (Fsp3) is 0.500. The minimum atomic E-state index is 0.0855. The van der Waals surface area contributed by atoms with Crippen molar-refractivity contribution in [2.24, 2.45) is 5.92 Å². The van der Waals surface area contributed by atoms with E-state index in [0.717, 1.165) is 37.2 Å². The number of benzene rings is 1. The van der Waals surface area contributed by atoms with Crippen LogP contribution in [-0.2, 0) is 11.2 Å². The van der Waals surface area contributed by atoms with E-state index in [1.807, 2.05) is 36.9 Å². The zero-order chi connectivity index (χ0) is 12.4. The highest BCUT2D eigenvalue weighted by atomic mass is 16.2. The molecule has 3 heteroatoms. The van der Waals surface area contributed by atoms with Crippen molar-refractivity contribution >= 4 is 17.3 Å². The maximum absolute atomic E-state index is 12.3. The maximum atomic E-state index is 12.3. The van der Waals surface area contributed by atoms with Crippen molar-refractivity contribution < 1.29 is 4.79 Å². The molecule has 1 aromatic rings. The van der Waals surface area contributed by atoms with Gasteiger partial charge >= 0.3 is 0 Å². The number of carbonyl (C=O) groups excluding carboxylic acids is 1. The predicted molar refractivity (Wildman–Crippen MR) is 71.0 cm³/mol. The molecule has 1 atom stereocenters. The van der Waals surface area contributed by atoms with E-state index in [1.165, 1.54) is 5.56 Å². The molecule has 3 nitrogen and oxygen atoms in total. The van der Waals surface area contributed by atoms with Crippen molar-refractivity contribution in [3.8, 4) is 0 Å². The first-order valence-electron chi connectivity index (χ1n) is 6.33. The monoisotopic (exact) mass is 232 g/mol. The molecule has 0 aliphatic carbocycles. The van der Waals surface area contributed by atoms with Gasteiger partial charge in [-0.2, -0.15) is 0 Å². The van der Waals surface area contributed by atoms with Crippen LogP contribution in [0.2, 0.25) is 0 Å². The summed E-state index contributed by atoms with van der Waals surface area (Å²) in [7, 11) is 0. The summed E-state index contributed by atoms with van der Waals surface area (Å²) < 4.78 is 0. The predicted octanol–water partition coefficient (Wildman–Crippen LogP) is 2.59. The average molecular weight is 232 g/mol. The van der Waals surface area contributed by atoms with Crippen LogP contribution in [0.3, 0.4) is 0 Å². The Kier molecular flexibility index (Phi) is 3.36. The minimum Gasteiger partial charge on any atom is -0.399 e.